The van der Waals surface area contributed by atoms with E-state index in [9.17, 15) is 4.79 Å². The Morgan fingerprint density at radius 1 is 1.35 bits per heavy atom. The van der Waals surface area contributed by atoms with Crippen LogP contribution in [-0.2, 0) is 24.4 Å². The van der Waals surface area contributed by atoms with Gasteiger partial charge in [-0.25, -0.2) is 9.78 Å². The Morgan fingerprint density at radius 2 is 2.31 bits per heavy atom. The number of nitrogens with one attached hydrogen (secondary N) is 1. The van der Waals surface area contributed by atoms with E-state index < -0.39 is 0 Å². The van der Waals surface area contributed by atoms with Gasteiger partial charge < -0.3 is 19.5 Å². The SMILES string of the molecule is O=C(NCc1cn2c(n1)SCC2)N1CCC[C@@H](OCc2ccccn2)C1. The van der Waals surface area contributed by atoms with E-state index >= 15 is 0 Å². The second-order valence-corrected chi connectivity index (χ2v) is 7.62. The molecule has 2 amide bonds. The van der Waals surface area contributed by atoms with Gasteiger partial charge >= 0.3 is 6.03 Å². The number of urea groups is 1. The molecule has 7 nitrogen and oxygen atoms in total. The summed E-state index contributed by atoms with van der Waals surface area (Å²) in [5.74, 6) is 1.09. The number of piperidine rings is 1. The number of carbonyl (C=O) groups is 1. The van der Waals surface area contributed by atoms with Gasteiger partial charge in [-0.2, -0.15) is 0 Å². The highest BCUT2D eigenvalue weighted by Gasteiger charge is 2.24. The number of aryl methyl sites for hydroxylation is 1. The van der Waals surface area contributed by atoms with Gasteiger partial charge in [-0.1, -0.05) is 17.8 Å². The van der Waals surface area contributed by atoms with E-state index in [2.05, 4.69) is 19.9 Å². The molecule has 2 aliphatic heterocycles. The molecule has 1 saturated heterocycles. The Kier molecular flexibility index (Phi) is 5.40. The smallest absolute Gasteiger partial charge is 0.317 e. The number of thioether (sulfide) groups is 1. The third-order valence-corrected chi connectivity index (χ3v) is 5.60. The predicted molar refractivity (Wildman–Crippen MR) is 98.8 cm³/mol. The summed E-state index contributed by atoms with van der Waals surface area (Å²) in [4.78, 5) is 23.1. The zero-order valence-electron chi connectivity index (χ0n) is 14.6. The largest absolute Gasteiger partial charge is 0.370 e. The summed E-state index contributed by atoms with van der Waals surface area (Å²) in [6.07, 6.45) is 5.79. The van der Waals surface area contributed by atoms with Crippen molar-refractivity contribution < 1.29 is 9.53 Å². The number of imidazole rings is 1. The van der Waals surface area contributed by atoms with Crippen LogP contribution in [0.2, 0.25) is 0 Å². The van der Waals surface area contributed by atoms with Crippen LogP contribution in [0.25, 0.3) is 0 Å². The van der Waals surface area contributed by atoms with Crippen LogP contribution in [0, 0.1) is 0 Å². The van der Waals surface area contributed by atoms with Crippen LogP contribution in [0.15, 0.2) is 35.7 Å². The highest BCUT2D eigenvalue weighted by atomic mass is 32.2. The fourth-order valence-electron chi connectivity index (χ4n) is 3.27. The molecule has 0 unspecified atom stereocenters. The summed E-state index contributed by atoms with van der Waals surface area (Å²) in [6, 6.07) is 5.76. The van der Waals surface area contributed by atoms with Gasteiger partial charge in [-0.3, -0.25) is 4.98 Å². The minimum absolute atomic E-state index is 0.0445. The zero-order valence-corrected chi connectivity index (χ0v) is 15.5. The van der Waals surface area contributed by atoms with E-state index in [0.717, 1.165) is 48.2 Å². The van der Waals surface area contributed by atoms with E-state index in [0.29, 0.717) is 19.7 Å². The van der Waals surface area contributed by atoms with Crippen LogP contribution in [0.5, 0.6) is 0 Å². The van der Waals surface area contributed by atoms with Crippen molar-refractivity contribution in [3.63, 3.8) is 0 Å². The van der Waals surface area contributed by atoms with Crippen molar-refractivity contribution in [3.8, 4) is 0 Å². The van der Waals surface area contributed by atoms with E-state index in [-0.39, 0.29) is 12.1 Å². The lowest BCUT2D eigenvalue weighted by Gasteiger charge is -2.32. The Balaban J connectivity index is 1.24. The first-order valence-corrected chi connectivity index (χ1v) is 9.99. The fourth-order valence-corrected chi connectivity index (χ4v) is 4.23. The van der Waals surface area contributed by atoms with E-state index in [4.69, 9.17) is 4.74 Å². The molecular formula is C18H23N5O2S. The molecule has 0 saturated carbocycles. The Labute approximate surface area is 157 Å². The zero-order chi connectivity index (χ0) is 17.8. The summed E-state index contributed by atoms with van der Waals surface area (Å²) in [6.45, 7) is 3.34. The van der Waals surface area contributed by atoms with Gasteiger partial charge in [0.1, 0.15) is 0 Å². The first-order chi connectivity index (χ1) is 12.8. The average Bonchev–Trinajstić information content (AvgIpc) is 3.27. The molecule has 0 radical (unpaired) electrons. The molecule has 1 fully saturated rings. The first kappa shape index (κ1) is 17.4. The van der Waals surface area contributed by atoms with E-state index in [1.807, 2.05) is 29.3 Å². The molecule has 1 atom stereocenters. The average molecular weight is 373 g/mol. The van der Waals surface area contributed by atoms with E-state index in [1.54, 1.807) is 18.0 Å². The quantitative estimate of drug-likeness (QED) is 0.870. The lowest BCUT2D eigenvalue weighted by molar-refractivity contribution is -0.00168. The number of aromatic nitrogens is 3. The summed E-state index contributed by atoms with van der Waals surface area (Å²) < 4.78 is 8.10. The van der Waals surface area contributed by atoms with Crippen LogP contribution >= 0.6 is 11.8 Å². The molecule has 1 N–H and O–H groups in total. The van der Waals surface area contributed by atoms with Crippen molar-refractivity contribution in [2.24, 2.45) is 0 Å². The van der Waals surface area contributed by atoms with Gasteiger partial charge in [0, 0.05) is 37.8 Å². The van der Waals surface area contributed by atoms with Crippen LogP contribution in [0.3, 0.4) is 0 Å². The lowest BCUT2D eigenvalue weighted by Crippen LogP contribution is -2.47. The number of hydrogen-bond acceptors (Lipinski definition) is 5. The Bertz CT molecular complexity index is 730. The maximum absolute atomic E-state index is 12.5. The second kappa shape index (κ2) is 8.09. The van der Waals surface area contributed by atoms with E-state index in [1.165, 1.54) is 0 Å². The van der Waals surface area contributed by atoms with Crippen molar-refractivity contribution in [3.05, 3.63) is 42.0 Å². The standard InChI is InChI=1S/C18H23N5O2S/c24-17(20-10-15-11-23-8-9-26-18(23)21-15)22-7-3-5-16(12-22)25-13-14-4-1-2-6-19-14/h1-2,4,6,11,16H,3,5,7-10,12-13H2,(H,20,24)/t16-/m1/s1. The first-order valence-electron chi connectivity index (χ1n) is 9.01. The number of fused-ring (bicyclic) bond motifs is 1. The van der Waals surface area contributed by atoms with Gasteiger partial charge in [0.25, 0.3) is 0 Å². The molecule has 0 bridgehead atoms. The van der Waals surface area contributed by atoms with Gasteiger partial charge in [0.05, 0.1) is 30.6 Å². The van der Waals surface area contributed by atoms with Gasteiger partial charge in [-0.15, -0.1) is 0 Å². The number of likely N-dealkylation sites (tertiary alicyclic amines) is 1. The van der Waals surface area contributed by atoms with Crippen LogP contribution in [0.1, 0.15) is 24.2 Å². The van der Waals surface area contributed by atoms with Gasteiger partial charge in [0.15, 0.2) is 5.16 Å². The Hall–Kier alpha value is -2.06. The van der Waals surface area contributed by atoms with Crippen molar-refractivity contribution in [2.75, 3.05) is 18.8 Å². The number of amides is 2. The number of nitrogens with zero attached hydrogens (tertiary/aromatic N) is 4. The van der Waals surface area contributed by atoms with Crippen LogP contribution in [-0.4, -0.2) is 50.4 Å². The second-order valence-electron chi connectivity index (χ2n) is 6.56. The summed E-state index contributed by atoms with van der Waals surface area (Å²) in [5.41, 5.74) is 1.83. The minimum Gasteiger partial charge on any atom is -0.370 e. The number of hydrogen-bond donors (Lipinski definition) is 1. The number of carbonyl (C=O) groups excluding carboxylic acids is 1. The molecule has 0 aromatic carbocycles. The minimum atomic E-state index is -0.0445. The molecule has 4 heterocycles. The topological polar surface area (TPSA) is 72.3 Å². The lowest BCUT2D eigenvalue weighted by atomic mass is 10.1. The molecular weight excluding hydrogens is 350 g/mol. The van der Waals surface area contributed by atoms with Crippen LogP contribution < -0.4 is 5.32 Å². The molecule has 0 spiro atoms. The highest BCUT2D eigenvalue weighted by Crippen LogP contribution is 2.24. The molecule has 2 aliphatic rings. The van der Waals surface area contributed by atoms with Crippen molar-refractivity contribution >= 4 is 17.8 Å². The van der Waals surface area contributed by atoms with Crippen molar-refractivity contribution in [2.45, 2.75) is 43.8 Å². The molecule has 2 aromatic heterocycles. The molecule has 138 valence electrons. The van der Waals surface area contributed by atoms with Crippen molar-refractivity contribution in [1.82, 2.24) is 24.8 Å². The van der Waals surface area contributed by atoms with Gasteiger partial charge in [0.2, 0.25) is 0 Å². The predicted octanol–water partition coefficient (Wildman–Crippen LogP) is 2.27. The molecule has 26 heavy (non-hydrogen) atoms. The fraction of sp³-hybridized carbons (Fsp3) is 0.500. The van der Waals surface area contributed by atoms with Gasteiger partial charge in [-0.05, 0) is 25.0 Å². The molecule has 4 rings (SSSR count). The molecule has 2 aromatic rings. The summed E-state index contributed by atoms with van der Waals surface area (Å²) >= 11 is 1.76. The summed E-state index contributed by atoms with van der Waals surface area (Å²) in [7, 11) is 0. The number of rotatable bonds is 5. The van der Waals surface area contributed by atoms with Crippen molar-refractivity contribution in [1.29, 1.82) is 0 Å². The molecule has 8 heteroatoms. The normalized spacial score (nSPS) is 19.4. The third kappa shape index (κ3) is 4.19. The maximum atomic E-state index is 12.5. The monoisotopic (exact) mass is 373 g/mol. The number of pyridine rings is 1. The molecule has 0 aliphatic carbocycles. The Morgan fingerprint density at radius 3 is 3.15 bits per heavy atom. The maximum Gasteiger partial charge on any atom is 0.317 e. The number of ether oxygens (including phenoxy) is 1. The van der Waals surface area contributed by atoms with Crippen LogP contribution in [0.4, 0.5) is 4.79 Å². The highest BCUT2D eigenvalue weighted by molar-refractivity contribution is 7.99. The third-order valence-electron chi connectivity index (χ3n) is 4.63. The summed E-state index contributed by atoms with van der Waals surface area (Å²) in [5, 5.41) is 4.04.